The average molecular weight is 208 g/mol. The maximum absolute atomic E-state index is 14.4. The zero-order valence-corrected chi connectivity index (χ0v) is 8.53. The highest BCUT2D eigenvalue weighted by Gasteiger charge is 2.44. The molecule has 1 atom stereocenters. The number of hydrogen-bond donors (Lipinski definition) is 1. The Hall–Kier alpha value is -1.38. The fourth-order valence-electron chi connectivity index (χ4n) is 1.94. The second-order valence-electron chi connectivity index (χ2n) is 4.20. The van der Waals surface area contributed by atoms with Gasteiger partial charge in [0, 0.05) is 5.56 Å². The zero-order valence-electron chi connectivity index (χ0n) is 8.53. The molecule has 80 valence electrons. The van der Waals surface area contributed by atoms with E-state index in [0.29, 0.717) is 5.56 Å². The van der Waals surface area contributed by atoms with Crippen molar-refractivity contribution in [1.29, 1.82) is 0 Å². The van der Waals surface area contributed by atoms with Crippen molar-refractivity contribution in [2.24, 2.45) is 5.92 Å². The molecule has 0 radical (unpaired) electrons. The molecule has 1 fully saturated rings. The molecule has 1 N–H and O–H groups in total. The van der Waals surface area contributed by atoms with Gasteiger partial charge >= 0.3 is 5.97 Å². The molecule has 1 aromatic carbocycles. The molecular weight excluding hydrogens is 195 g/mol. The van der Waals surface area contributed by atoms with Crippen LogP contribution in [0.4, 0.5) is 4.39 Å². The SMILES string of the molecule is CC(F)(c1ccccc1C(=O)O)C1CC1. The summed E-state index contributed by atoms with van der Waals surface area (Å²) in [5, 5.41) is 8.96. The predicted octanol–water partition coefficient (Wildman–Crippen LogP) is 2.98. The van der Waals surface area contributed by atoms with Crippen LogP contribution in [0.3, 0.4) is 0 Å². The Morgan fingerprint density at radius 2 is 2.07 bits per heavy atom. The average Bonchev–Trinajstić information content (AvgIpc) is 3.01. The quantitative estimate of drug-likeness (QED) is 0.829. The van der Waals surface area contributed by atoms with Gasteiger partial charge in [0.05, 0.1) is 5.56 Å². The van der Waals surface area contributed by atoms with E-state index in [1.54, 1.807) is 18.2 Å². The van der Waals surface area contributed by atoms with Gasteiger partial charge in [0.25, 0.3) is 0 Å². The third-order valence-electron chi connectivity index (χ3n) is 3.03. The largest absolute Gasteiger partial charge is 0.478 e. The summed E-state index contributed by atoms with van der Waals surface area (Å²) in [5.74, 6) is -1.08. The summed E-state index contributed by atoms with van der Waals surface area (Å²) >= 11 is 0. The lowest BCUT2D eigenvalue weighted by Crippen LogP contribution is -2.21. The van der Waals surface area contributed by atoms with Crippen molar-refractivity contribution in [3.05, 3.63) is 35.4 Å². The van der Waals surface area contributed by atoms with E-state index in [0.717, 1.165) is 12.8 Å². The van der Waals surface area contributed by atoms with Gasteiger partial charge in [-0.1, -0.05) is 18.2 Å². The van der Waals surface area contributed by atoms with Crippen molar-refractivity contribution in [1.82, 2.24) is 0 Å². The fourth-order valence-corrected chi connectivity index (χ4v) is 1.94. The van der Waals surface area contributed by atoms with Crippen LogP contribution in [0.15, 0.2) is 24.3 Å². The van der Waals surface area contributed by atoms with Crippen molar-refractivity contribution in [2.45, 2.75) is 25.4 Å². The Morgan fingerprint density at radius 1 is 1.47 bits per heavy atom. The van der Waals surface area contributed by atoms with Crippen molar-refractivity contribution >= 4 is 5.97 Å². The van der Waals surface area contributed by atoms with E-state index in [1.807, 2.05) is 0 Å². The molecule has 0 saturated heterocycles. The Morgan fingerprint density at radius 3 is 2.60 bits per heavy atom. The van der Waals surface area contributed by atoms with Crippen LogP contribution in [0, 0.1) is 5.92 Å². The molecule has 1 aliphatic carbocycles. The summed E-state index contributed by atoms with van der Waals surface area (Å²) in [6.07, 6.45) is 1.70. The molecule has 1 unspecified atom stereocenters. The lowest BCUT2D eigenvalue weighted by atomic mass is 9.89. The minimum Gasteiger partial charge on any atom is -0.478 e. The first-order valence-corrected chi connectivity index (χ1v) is 5.05. The van der Waals surface area contributed by atoms with Crippen LogP contribution < -0.4 is 0 Å². The molecule has 0 aliphatic heterocycles. The van der Waals surface area contributed by atoms with Gasteiger partial charge in [0.2, 0.25) is 0 Å². The van der Waals surface area contributed by atoms with Crippen LogP contribution in [-0.2, 0) is 5.67 Å². The predicted molar refractivity (Wildman–Crippen MR) is 54.6 cm³/mol. The van der Waals surface area contributed by atoms with Crippen LogP contribution in [0.2, 0.25) is 0 Å². The molecule has 3 heteroatoms. The summed E-state index contributed by atoms with van der Waals surface area (Å²) in [6, 6.07) is 6.33. The van der Waals surface area contributed by atoms with Gasteiger partial charge in [-0.15, -0.1) is 0 Å². The van der Waals surface area contributed by atoms with Gasteiger partial charge in [0.1, 0.15) is 5.67 Å². The Balaban J connectivity index is 2.46. The van der Waals surface area contributed by atoms with E-state index < -0.39 is 11.6 Å². The lowest BCUT2D eigenvalue weighted by Gasteiger charge is -2.22. The molecule has 1 saturated carbocycles. The molecule has 15 heavy (non-hydrogen) atoms. The van der Waals surface area contributed by atoms with Crippen molar-refractivity contribution in [3.63, 3.8) is 0 Å². The number of benzene rings is 1. The first-order valence-electron chi connectivity index (χ1n) is 5.05. The van der Waals surface area contributed by atoms with Crippen LogP contribution >= 0.6 is 0 Å². The highest BCUT2D eigenvalue weighted by atomic mass is 19.1. The number of carbonyl (C=O) groups is 1. The Labute approximate surface area is 87.7 Å². The van der Waals surface area contributed by atoms with E-state index in [-0.39, 0.29) is 11.5 Å². The Kier molecular flexibility index (Phi) is 2.25. The molecule has 0 spiro atoms. The number of hydrogen-bond acceptors (Lipinski definition) is 1. The summed E-state index contributed by atoms with van der Waals surface area (Å²) in [4.78, 5) is 10.9. The smallest absolute Gasteiger partial charge is 0.336 e. The topological polar surface area (TPSA) is 37.3 Å². The first-order chi connectivity index (χ1) is 7.03. The maximum Gasteiger partial charge on any atom is 0.336 e. The third kappa shape index (κ3) is 1.74. The van der Waals surface area contributed by atoms with Gasteiger partial charge in [-0.3, -0.25) is 0 Å². The van der Waals surface area contributed by atoms with E-state index in [1.165, 1.54) is 13.0 Å². The van der Waals surface area contributed by atoms with E-state index >= 15 is 0 Å². The monoisotopic (exact) mass is 208 g/mol. The normalized spacial score (nSPS) is 19.6. The van der Waals surface area contributed by atoms with Crippen molar-refractivity contribution in [2.75, 3.05) is 0 Å². The second-order valence-corrected chi connectivity index (χ2v) is 4.20. The van der Waals surface area contributed by atoms with Crippen LogP contribution in [0.1, 0.15) is 35.7 Å². The van der Waals surface area contributed by atoms with Crippen LogP contribution in [-0.4, -0.2) is 11.1 Å². The Bertz CT molecular complexity index is 394. The van der Waals surface area contributed by atoms with E-state index in [9.17, 15) is 9.18 Å². The van der Waals surface area contributed by atoms with Crippen LogP contribution in [0.25, 0.3) is 0 Å². The summed E-state index contributed by atoms with van der Waals surface area (Å²) in [7, 11) is 0. The molecule has 2 rings (SSSR count). The zero-order chi connectivity index (χ0) is 11.1. The van der Waals surface area contributed by atoms with E-state index in [4.69, 9.17) is 5.11 Å². The van der Waals surface area contributed by atoms with Gasteiger partial charge in [0.15, 0.2) is 0 Å². The van der Waals surface area contributed by atoms with Crippen LogP contribution in [0.5, 0.6) is 0 Å². The molecule has 0 heterocycles. The molecule has 1 aliphatic rings. The van der Waals surface area contributed by atoms with Gasteiger partial charge in [-0.05, 0) is 31.7 Å². The first kappa shape index (κ1) is 10.1. The molecule has 0 aromatic heterocycles. The number of alkyl halides is 1. The number of rotatable bonds is 3. The highest BCUT2D eigenvalue weighted by Crippen LogP contribution is 2.49. The second kappa shape index (κ2) is 3.33. The number of aromatic carboxylic acids is 1. The molecule has 1 aromatic rings. The minimum absolute atomic E-state index is 0.0157. The lowest BCUT2D eigenvalue weighted by molar-refractivity contribution is 0.0684. The van der Waals surface area contributed by atoms with Gasteiger partial charge in [-0.25, -0.2) is 9.18 Å². The number of halogens is 1. The van der Waals surface area contributed by atoms with Crippen molar-refractivity contribution in [3.8, 4) is 0 Å². The molecule has 2 nitrogen and oxygen atoms in total. The summed E-state index contributed by atoms with van der Waals surface area (Å²) in [5.41, 5.74) is -1.12. The molecular formula is C12H13FO2. The summed E-state index contributed by atoms with van der Waals surface area (Å²) in [6.45, 7) is 1.48. The van der Waals surface area contributed by atoms with Crippen molar-refractivity contribution < 1.29 is 14.3 Å². The minimum atomic E-state index is -1.50. The molecule has 0 amide bonds. The van der Waals surface area contributed by atoms with Gasteiger partial charge < -0.3 is 5.11 Å². The molecule has 0 bridgehead atoms. The van der Waals surface area contributed by atoms with Gasteiger partial charge in [-0.2, -0.15) is 0 Å². The fraction of sp³-hybridized carbons (Fsp3) is 0.417. The standard InChI is InChI=1S/C12H13FO2/c1-12(13,8-6-7-8)10-5-3-2-4-9(10)11(14)15/h2-5,8H,6-7H2,1H3,(H,14,15). The third-order valence-corrected chi connectivity index (χ3v) is 3.03. The maximum atomic E-state index is 14.4. The number of carboxylic acid groups (broad SMARTS) is 1. The number of carboxylic acids is 1. The summed E-state index contributed by atoms with van der Waals surface area (Å²) < 4.78 is 14.4. The van der Waals surface area contributed by atoms with E-state index in [2.05, 4.69) is 0 Å². The highest BCUT2D eigenvalue weighted by molar-refractivity contribution is 5.89.